The normalized spacial score (nSPS) is 16.3. The third-order valence-corrected chi connectivity index (χ3v) is 5.34. The first-order chi connectivity index (χ1) is 11.6. The van der Waals surface area contributed by atoms with Crippen LogP contribution in [-0.4, -0.2) is 16.5 Å². The van der Waals surface area contributed by atoms with Gasteiger partial charge < -0.3 is 9.88 Å². The Kier molecular flexibility index (Phi) is 5.45. The summed E-state index contributed by atoms with van der Waals surface area (Å²) in [6.07, 6.45) is 6.45. The van der Waals surface area contributed by atoms with Crippen LogP contribution in [0, 0.1) is 5.82 Å². The molecule has 6 heteroatoms. The van der Waals surface area contributed by atoms with Crippen molar-refractivity contribution in [2.24, 2.45) is 12.0 Å². The summed E-state index contributed by atoms with van der Waals surface area (Å²) in [6, 6.07) is 6.21. The zero-order valence-electron chi connectivity index (χ0n) is 13.8. The van der Waals surface area contributed by atoms with Crippen molar-refractivity contribution < 1.29 is 9.18 Å². The molecular weight excluding hydrogens is 325 g/mol. The maximum absolute atomic E-state index is 12.9. The minimum atomic E-state index is -0.314. The molecule has 1 amide bonds. The van der Waals surface area contributed by atoms with Crippen LogP contribution in [0.4, 0.5) is 10.1 Å². The minimum Gasteiger partial charge on any atom is -0.326 e. The van der Waals surface area contributed by atoms with Crippen LogP contribution in [0.3, 0.4) is 0 Å². The lowest BCUT2D eigenvalue weighted by molar-refractivity contribution is -0.115. The molecule has 0 atom stereocenters. The van der Waals surface area contributed by atoms with E-state index < -0.39 is 0 Å². The topological polar surface area (TPSA) is 46.4 Å². The van der Waals surface area contributed by atoms with Crippen LogP contribution in [0.1, 0.15) is 37.8 Å². The summed E-state index contributed by atoms with van der Waals surface area (Å²) < 4.78 is 14.9. The number of nitrogens with zero attached hydrogens (tertiary/aromatic N) is 2. The highest BCUT2D eigenvalue weighted by atomic mass is 32.1. The summed E-state index contributed by atoms with van der Waals surface area (Å²) >= 11 is 1.59. The molecule has 0 unspecified atom stereocenters. The Balaban J connectivity index is 1.66. The molecular formula is C18H22FN3OS. The number of amides is 1. The molecule has 1 saturated carbocycles. The molecule has 1 N–H and O–H groups in total. The SMILES string of the molecule is Cn1c(CC(=O)Nc2ccc(F)cc2)csc1=NC1CCCCC1. The fourth-order valence-corrected chi connectivity index (χ4v) is 3.92. The lowest BCUT2D eigenvalue weighted by atomic mass is 9.96. The molecule has 1 aliphatic rings. The molecule has 1 aliphatic carbocycles. The molecule has 3 rings (SSSR count). The lowest BCUT2D eigenvalue weighted by Gasteiger charge is -2.16. The predicted molar refractivity (Wildman–Crippen MR) is 94.5 cm³/mol. The van der Waals surface area contributed by atoms with Gasteiger partial charge in [0.05, 0.1) is 12.5 Å². The fraction of sp³-hybridized carbons (Fsp3) is 0.444. The van der Waals surface area contributed by atoms with Crippen molar-refractivity contribution in [1.29, 1.82) is 0 Å². The lowest BCUT2D eigenvalue weighted by Crippen LogP contribution is -2.22. The average molecular weight is 347 g/mol. The van der Waals surface area contributed by atoms with E-state index in [4.69, 9.17) is 4.99 Å². The highest BCUT2D eigenvalue weighted by molar-refractivity contribution is 7.07. The van der Waals surface area contributed by atoms with E-state index in [1.165, 1.54) is 31.4 Å². The number of rotatable bonds is 4. The Hall–Kier alpha value is -1.95. The summed E-state index contributed by atoms with van der Waals surface area (Å²) in [5, 5.41) is 4.78. The Morgan fingerprint density at radius 2 is 2.00 bits per heavy atom. The van der Waals surface area contributed by atoms with Gasteiger partial charge in [-0.25, -0.2) is 4.39 Å². The molecule has 24 heavy (non-hydrogen) atoms. The van der Waals surface area contributed by atoms with E-state index in [0.717, 1.165) is 23.3 Å². The highest BCUT2D eigenvalue weighted by Crippen LogP contribution is 2.20. The van der Waals surface area contributed by atoms with Gasteiger partial charge in [-0.1, -0.05) is 19.3 Å². The van der Waals surface area contributed by atoms with E-state index in [-0.39, 0.29) is 18.1 Å². The molecule has 4 nitrogen and oxygen atoms in total. The third-order valence-electron chi connectivity index (χ3n) is 4.36. The first kappa shape index (κ1) is 16.9. The quantitative estimate of drug-likeness (QED) is 0.902. The van der Waals surface area contributed by atoms with Crippen molar-refractivity contribution in [2.45, 2.75) is 44.6 Å². The molecule has 1 heterocycles. The van der Waals surface area contributed by atoms with Crippen molar-refractivity contribution in [3.8, 4) is 0 Å². The first-order valence-corrected chi connectivity index (χ1v) is 9.22. The van der Waals surface area contributed by atoms with Crippen molar-refractivity contribution in [2.75, 3.05) is 5.32 Å². The Morgan fingerprint density at radius 3 is 2.71 bits per heavy atom. The molecule has 1 fully saturated rings. The second-order valence-electron chi connectivity index (χ2n) is 6.22. The summed E-state index contributed by atoms with van der Waals surface area (Å²) in [6.45, 7) is 0. The summed E-state index contributed by atoms with van der Waals surface area (Å²) in [5.74, 6) is -0.426. The number of hydrogen-bond donors (Lipinski definition) is 1. The summed E-state index contributed by atoms with van der Waals surface area (Å²) in [4.78, 5) is 18.0. The maximum atomic E-state index is 12.9. The Bertz CT molecular complexity index is 757. The molecule has 128 valence electrons. The van der Waals surface area contributed by atoms with Crippen LogP contribution < -0.4 is 10.1 Å². The van der Waals surface area contributed by atoms with Gasteiger partial charge in [0.2, 0.25) is 5.91 Å². The van der Waals surface area contributed by atoms with Crippen LogP contribution in [0.5, 0.6) is 0 Å². The van der Waals surface area contributed by atoms with Crippen LogP contribution in [0.15, 0.2) is 34.6 Å². The van der Waals surface area contributed by atoms with E-state index in [2.05, 4.69) is 5.32 Å². The van der Waals surface area contributed by atoms with E-state index in [9.17, 15) is 9.18 Å². The maximum Gasteiger partial charge on any atom is 0.230 e. The number of carbonyl (C=O) groups excluding carboxylic acids is 1. The van der Waals surface area contributed by atoms with E-state index >= 15 is 0 Å². The Labute approximate surface area is 145 Å². The number of thiazole rings is 1. The van der Waals surface area contributed by atoms with Gasteiger partial charge in [0.1, 0.15) is 5.82 Å². The minimum absolute atomic E-state index is 0.112. The summed E-state index contributed by atoms with van der Waals surface area (Å²) in [5.41, 5.74) is 1.54. The van der Waals surface area contributed by atoms with Crippen LogP contribution in [0.2, 0.25) is 0 Å². The molecule has 2 aromatic rings. The van der Waals surface area contributed by atoms with Crippen molar-refractivity contribution in [3.63, 3.8) is 0 Å². The second kappa shape index (κ2) is 7.75. The van der Waals surface area contributed by atoms with Gasteiger partial charge in [0, 0.05) is 23.8 Å². The number of hydrogen-bond acceptors (Lipinski definition) is 3. The standard InChI is InChI=1S/C18H22FN3OS/c1-22-16(11-17(23)20-15-9-7-13(19)8-10-15)12-24-18(22)21-14-5-3-2-4-6-14/h7-10,12,14H,2-6,11H2,1H3,(H,20,23). The monoisotopic (exact) mass is 347 g/mol. The predicted octanol–water partition coefficient (Wildman–Crippen LogP) is 3.64. The van der Waals surface area contributed by atoms with Crippen molar-refractivity contribution in [3.05, 3.63) is 46.0 Å². The van der Waals surface area contributed by atoms with Crippen LogP contribution in [0.25, 0.3) is 0 Å². The van der Waals surface area contributed by atoms with E-state index in [1.807, 2.05) is 17.0 Å². The van der Waals surface area contributed by atoms with Gasteiger partial charge in [-0.15, -0.1) is 11.3 Å². The molecule has 0 spiro atoms. The number of halogens is 1. The second-order valence-corrected chi connectivity index (χ2v) is 7.06. The average Bonchev–Trinajstić information content (AvgIpc) is 2.91. The number of nitrogens with one attached hydrogen (secondary N) is 1. The van der Waals surface area contributed by atoms with Crippen LogP contribution >= 0.6 is 11.3 Å². The van der Waals surface area contributed by atoms with E-state index in [1.54, 1.807) is 23.5 Å². The van der Waals surface area contributed by atoms with E-state index in [0.29, 0.717) is 11.7 Å². The van der Waals surface area contributed by atoms with Gasteiger partial charge in [-0.3, -0.25) is 9.79 Å². The molecule has 0 radical (unpaired) electrons. The molecule has 1 aromatic carbocycles. The third kappa shape index (κ3) is 4.32. The van der Waals surface area contributed by atoms with Gasteiger partial charge >= 0.3 is 0 Å². The largest absolute Gasteiger partial charge is 0.326 e. The van der Waals surface area contributed by atoms with Crippen molar-refractivity contribution in [1.82, 2.24) is 4.57 Å². The fourth-order valence-electron chi connectivity index (χ4n) is 2.95. The zero-order chi connectivity index (χ0) is 16.9. The number of carbonyl (C=O) groups is 1. The van der Waals surface area contributed by atoms with Crippen molar-refractivity contribution >= 4 is 22.9 Å². The molecule has 0 bridgehead atoms. The first-order valence-electron chi connectivity index (χ1n) is 8.34. The number of benzene rings is 1. The van der Waals surface area contributed by atoms with Gasteiger partial charge in [-0.05, 0) is 37.1 Å². The van der Waals surface area contributed by atoms with Gasteiger partial charge in [0.15, 0.2) is 4.80 Å². The van der Waals surface area contributed by atoms with Gasteiger partial charge in [0.25, 0.3) is 0 Å². The number of anilines is 1. The molecule has 0 saturated heterocycles. The highest BCUT2D eigenvalue weighted by Gasteiger charge is 2.13. The zero-order valence-corrected chi connectivity index (χ0v) is 14.6. The van der Waals surface area contributed by atoms with Crippen LogP contribution in [-0.2, 0) is 18.3 Å². The summed E-state index contributed by atoms with van der Waals surface area (Å²) in [7, 11) is 1.96. The molecule has 0 aliphatic heterocycles. The Morgan fingerprint density at radius 1 is 1.29 bits per heavy atom. The van der Waals surface area contributed by atoms with Gasteiger partial charge in [-0.2, -0.15) is 0 Å². The molecule has 1 aromatic heterocycles. The smallest absolute Gasteiger partial charge is 0.230 e. The number of aromatic nitrogens is 1.